The lowest BCUT2D eigenvalue weighted by atomic mass is 10.1. The first-order chi connectivity index (χ1) is 14.0. The molecule has 29 heavy (non-hydrogen) atoms. The Morgan fingerprint density at radius 2 is 1.59 bits per heavy atom. The van der Waals surface area contributed by atoms with Crippen molar-refractivity contribution in [3.8, 4) is 0 Å². The fraction of sp³-hybridized carbons (Fsp3) is 0.348. The largest absolute Gasteiger partial charge is 0.340 e. The van der Waals surface area contributed by atoms with Gasteiger partial charge in [-0.15, -0.1) is 0 Å². The molecular formula is C23H25N3O3. The van der Waals surface area contributed by atoms with Gasteiger partial charge in [0.25, 0.3) is 11.8 Å². The van der Waals surface area contributed by atoms with E-state index in [1.807, 2.05) is 36.1 Å². The van der Waals surface area contributed by atoms with Crippen molar-refractivity contribution in [1.29, 1.82) is 0 Å². The van der Waals surface area contributed by atoms with E-state index in [9.17, 15) is 14.4 Å². The third kappa shape index (κ3) is 4.07. The van der Waals surface area contributed by atoms with E-state index < -0.39 is 0 Å². The van der Waals surface area contributed by atoms with Crippen LogP contribution in [0.2, 0.25) is 0 Å². The Hall–Kier alpha value is -2.99. The van der Waals surface area contributed by atoms with Gasteiger partial charge in [-0.1, -0.05) is 42.0 Å². The second-order valence-electron chi connectivity index (χ2n) is 7.70. The van der Waals surface area contributed by atoms with Crippen LogP contribution in [0.5, 0.6) is 0 Å². The number of aryl methyl sites for hydroxylation is 1. The summed E-state index contributed by atoms with van der Waals surface area (Å²) in [5.41, 5.74) is 3.09. The molecule has 0 N–H and O–H groups in total. The lowest BCUT2D eigenvalue weighted by molar-refractivity contribution is -0.133. The average molecular weight is 391 g/mol. The highest BCUT2D eigenvalue weighted by atomic mass is 16.2. The van der Waals surface area contributed by atoms with E-state index in [0.717, 1.165) is 25.2 Å². The van der Waals surface area contributed by atoms with Crippen LogP contribution in [0, 0.1) is 6.92 Å². The molecular weight excluding hydrogens is 366 g/mol. The third-order valence-electron chi connectivity index (χ3n) is 5.65. The molecule has 6 heteroatoms. The number of benzene rings is 2. The summed E-state index contributed by atoms with van der Waals surface area (Å²) < 4.78 is 0. The predicted molar refractivity (Wildman–Crippen MR) is 109 cm³/mol. The molecule has 2 aromatic carbocycles. The zero-order valence-corrected chi connectivity index (χ0v) is 16.6. The van der Waals surface area contributed by atoms with Crippen LogP contribution in [0.4, 0.5) is 0 Å². The molecule has 4 rings (SSSR count). The number of imide groups is 1. The highest BCUT2D eigenvalue weighted by Gasteiger charge is 2.35. The molecule has 3 amide bonds. The minimum absolute atomic E-state index is 0.00269. The van der Waals surface area contributed by atoms with Crippen molar-refractivity contribution in [2.45, 2.75) is 19.9 Å². The summed E-state index contributed by atoms with van der Waals surface area (Å²) in [5.74, 6) is -0.600. The van der Waals surface area contributed by atoms with Crippen LogP contribution in [0.3, 0.4) is 0 Å². The number of carbonyl (C=O) groups is 3. The number of hydrogen-bond acceptors (Lipinski definition) is 4. The number of fused-ring (bicyclic) bond motifs is 1. The minimum Gasteiger partial charge on any atom is -0.340 e. The molecule has 1 fully saturated rings. The van der Waals surface area contributed by atoms with Crippen LogP contribution in [0.15, 0.2) is 48.5 Å². The monoisotopic (exact) mass is 391 g/mol. The Morgan fingerprint density at radius 1 is 0.897 bits per heavy atom. The smallest absolute Gasteiger partial charge is 0.261 e. The van der Waals surface area contributed by atoms with Gasteiger partial charge in [0.2, 0.25) is 5.91 Å². The molecule has 6 nitrogen and oxygen atoms in total. The van der Waals surface area contributed by atoms with E-state index in [-0.39, 0.29) is 30.7 Å². The van der Waals surface area contributed by atoms with Gasteiger partial charge in [0.1, 0.15) is 0 Å². The van der Waals surface area contributed by atoms with E-state index in [2.05, 4.69) is 17.0 Å². The molecule has 2 aliphatic heterocycles. The van der Waals surface area contributed by atoms with Gasteiger partial charge in [0.15, 0.2) is 0 Å². The SMILES string of the molecule is Cc1ccc2c(c1)C(=O)N(CCC(=O)N1CCN(Cc3ccccc3)CC1)C2=O. The predicted octanol–water partition coefficient (Wildman–Crippen LogP) is 2.33. The standard InChI is InChI=1S/C23H25N3O3/c1-17-7-8-19-20(15-17)23(29)26(22(19)28)10-9-21(27)25-13-11-24(12-14-25)16-18-5-3-2-4-6-18/h2-8,15H,9-14,16H2,1H3. The maximum absolute atomic E-state index is 12.6. The van der Waals surface area contributed by atoms with E-state index in [4.69, 9.17) is 0 Å². The Labute approximate surface area is 170 Å². The van der Waals surface area contributed by atoms with Crippen molar-refractivity contribution in [2.75, 3.05) is 32.7 Å². The van der Waals surface area contributed by atoms with Gasteiger partial charge >= 0.3 is 0 Å². The van der Waals surface area contributed by atoms with Crippen LogP contribution < -0.4 is 0 Å². The lowest BCUT2D eigenvalue weighted by Crippen LogP contribution is -2.49. The van der Waals surface area contributed by atoms with Gasteiger partial charge in [-0.2, -0.15) is 0 Å². The summed E-state index contributed by atoms with van der Waals surface area (Å²) in [6.07, 6.45) is 0.170. The molecule has 0 radical (unpaired) electrons. The molecule has 150 valence electrons. The summed E-state index contributed by atoms with van der Waals surface area (Å²) in [4.78, 5) is 43.0. The van der Waals surface area contributed by atoms with Crippen molar-refractivity contribution in [3.05, 3.63) is 70.8 Å². The molecule has 0 atom stereocenters. The molecule has 2 aliphatic rings. The van der Waals surface area contributed by atoms with E-state index in [1.165, 1.54) is 10.5 Å². The Bertz CT molecular complexity index is 934. The van der Waals surface area contributed by atoms with Crippen LogP contribution in [0.1, 0.15) is 38.3 Å². The quantitative estimate of drug-likeness (QED) is 0.734. The van der Waals surface area contributed by atoms with Gasteiger partial charge in [-0.25, -0.2) is 0 Å². The zero-order valence-electron chi connectivity index (χ0n) is 16.6. The third-order valence-corrected chi connectivity index (χ3v) is 5.65. The molecule has 0 spiro atoms. The van der Waals surface area contributed by atoms with Crippen molar-refractivity contribution >= 4 is 17.7 Å². The molecule has 1 saturated heterocycles. The first kappa shape index (κ1) is 19.3. The second-order valence-corrected chi connectivity index (χ2v) is 7.70. The Balaban J connectivity index is 1.28. The molecule has 2 heterocycles. The van der Waals surface area contributed by atoms with Gasteiger partial charge < -0.3 is 4.90 Å². The van der Waals surface area contributed by atoms with Gasteiger partial charge in [-0.05, 0) is 24.6 Å². The van der Waals surface area contributed by atoms with Gasteiger partial charge in [0.05, 0.1) is 11.1 Å². The fourth-order valence-corrected chi connectivity index (χ4v) is 3.97. The Kier molecular flexibility index (Phi) is 5.45. The maximum Gasteiger partial charge on any atom is 0.261 e. The van der Waals surface area contributed by atoms with E-state index >= 15 is 0 Å². The highest BCUT2D eigenvalue weighted by molar-refractivity contribution is 6.21. The number of rotatable bonds is 5. The fourth-order valence-electron chi connectivity index (χ4n) is 3.97. The number of amides is 3. The first-order valence-corrected chi connectivity index (χ1v) is 10.0. The topological polar surface area (TPSA) is 60.9 Å². The molecule has 0 aliphatic carbocycles. The first-order valence-electron chi connectivity index (χ1n) is 10.0. The molecule has 0 unspecified atom stereocenters. The summed E-state index contributed by atoms with van der Waals surface area (Å²) in [7, 11) is 0. The van der Waals surface area contributed by atoms with Crippen molar-refractivity contribution in [2.24, 2.45) is 0 Å². The van der Waals surface area contributed by atoms with Crippen LogP contribution in [-0.2, 0) is 11.3 Å². The maximum atomic E-state index is 12.6. The summed E-state index contributed by atoms with van der Waals surface area (Å²) in [5, 5.41) is 0. The second kappa shape index (κ2) is 8.17. The lowest BCUT2D eigenvalue weighted by Gasteiger charge is -2.35. The molecule has 0 bridgehead atoms. The number of piperazine rings is 1. The zero-order chi connectivity index (χ0) is 20.4. The van der Waals surface area contributed by atoms with Gasteiger partial charge in [0, 0.05) is 45.7 Å². The van der Waals surface area contributed by atoms with Crippen LogP contribution in [-0.4, -0.2) is 65.1 Å². The number of hydrogen-bond donors (Lipinski definition) is 0. The minimum atomic E-state index is -0.300. The number of nitrogens with zero attached hydrogens (tertiary/aromatic N) is 3. The Morgan fingerprint density at radius 3 is 2.31 bits per heavy atom. The van der Waals surface area contributed by atoms with Crippen molar-refractivity contribution in [3.63, 3.8) is 0 Å². The molecule has 2 aromatic rings. The molecule has 0 aromatic heterocycles. The van der Waals surface area contributed by atoms with E-state index in [0.29, 0.717) is 24.2 Å². The van der Waals surface area contributed by atoms with Crippen LogP contribution in [0.25, 0.3) is 0 Å². The summed E-state index contributed by atoms with van der Waals surface area (Å²) >= 11 is 0. The highest BCUT2D eigenvalue weighted by Crippen LogP contribution is 2.24. The normalized spacial score (nSPS) is 17.0. The van der Waals surface area contributed by atoms with Gasteiger partial charge in [-0.3, -0.25) is 24.2 Å². The van der Waals surface area contributed by atoms with Crippen molar-refractivity contribution < 1.29 is 14.4 Å². The number of carbonyl (C=O) groups excluding carboxylic acids is 3. The summed E-state index contributed by atoms with van der Waals surface area (Å²) in [6.45, 7) is 5.91. The van der Waals surface area contributed by atoms with E-state index in [1.54, 1.807) is 12.1 Å². The van der Waals surface area contributed by atoms with Crippen molar-refractivity contribution in [1.82, 2.24) is 14.7 Å². The average Bonchev–Trinajstić information content (AvgIpc) is 2.97. The summed E-state index contributed by atoms with van der Waals surface area (Å²) in [6, 6.07) is 15.6. The van der Waals surface area contributed by atoms with Crippen LogP contribution >= 0.6 is 0 Å². The molecule has 0 saturated carbocycles.